The molecule has 11 rings (SSSR count). The third-order valence-electron chi connectivity index (χ3n) is 9.97. The second-order valence-corrected chi connectivity index (χ2v) is 18.1. The summed E-state index contributed by atoms with van der Waals surface area (Å²) < 4.78 is 27.8. The van der Waals surface area contributed by atoms with Gasteiger partial charge in [0.25, 0.3) is 11.1 Å². The first-order valence-corrected chi connectivity index (χ1v) is 21.9. The van der Waals surface area contributed by atoms with Gasteiger partial charge in [-0.15, -0.1) is 0 Å². The van der Waals surface area contributed by atoms with Gasteiger partial charge in [0.2, 0.25) is 23.3 Å². The number of para-hydroxylation sites is 4. The average Bonchev–Trinajstić information content (AvgIpc) is 4.10. The second-order valence-electron chi connectivity index (χ2n) is 13.5. The van der Waals surface area contributed by atoms with E-state index >= 15 is 0 Å². The minimum Gasteiger partial charge on any atom is -0.480 e. The van der Waals surface area contributed by atoms with Gasteiger partial charge in [-0.1, -0.05) is 108 Å². The van der Waals surface area contributed by atoms with Gasteiger partial charge in [-0.05, 0) is 48.5 Å². The summed E-state index contributed by atoms with van der Waals surface area (Å²) in [6, 6.07) is 31.4. The number of fused-ring (bicyclic) bond motifs is 8. The molecule has 0 bridgehead atoms. The van der Waals surface area contributed by atoms with Crippen molar-refractivity contribution in [2.45, 2.75) is 19.6 Å². The number of imidazole rings is 2. The van der Waals surface area contributed by atoms with E-state index in [-0.39, 0.29) is 56.4 Å². The Morgan fingerprint density at radius 3 is 1.21 bits per heavy atom. The Balaban J connectivity index is 1.18. The van der Waals surface area contributed by atoms with Gasteiger partial charge in [0.05, 0.1) is 75.5 Å². The smallest absolute Gasteiger partial charge is 0.343 e. The lowest BCUT2D eigenvalue weighted by Gasteiger charge is -2.16. The number of benzene rings is 5. The van der Waals surface area contributed by atoms with Crippen LogP contribution in [0.4, 0.5) is 0 Å². The number of ether oxygens (including phenoxy) is 4. The number of hydrogen-bond donors (Lipinski definition) is 0. The molecule has 2 aliphatic heterocycles. The van der Waals surface area contributed by atoms with Crippen LogP contribution in [0.1, 0.15) is 20.7 Å². The van der Waals surface area contributed by atoms with E-state index in [0.717, 1.165) is 47.0 Å². The molecule has 0 saturated carbocycles. The van der Waals surface area contributed by atoms with Crippen LogP contribution in [-0.2, 0) is 0 Å². The van der Waals surface area contributed by atoms with Gasteiger partial charge < -0.3 is 18.9 Å². The SMILES string of the molecule is COc1nc2nc3ccccc3n2c(=O)c1=C1Sc2c(OC(=O)c3ccccc3)c3c(c(OC(=O)c4ccccc4)c2S1)SC(=c1c(OC)nc2nc4ccccc4n2c1=O)S3. The van der Waals surface area contributed by atoms with Crippen LogP contribution in [0.25, 0.3) is 42.1 Å². The van der Waals surface area contributed by atoms with Gasteiger partial charge >= 0.3 is 11.9 Å². The van der Waals surface area contributed by atoms with Gasteiger partial charge in [-0.2, -0.15) is 9.97 Å². The number of carbonyl (C=O) groups is 2. The van der Waals surface area contributed by atoms with Crippen LogP contribution in [0.15, 0.2) is 138 Å². The number of thioether (sulfide) groups is 4. The molecule has 0 saturated heterocycles. The van der Waals surface area contributed by atoms with E-state index in [0.29, 0.717) is 50.1 Å². The van der Waals surface area contributed by atoms with Crippen molar-refractivity contribution >= 4 is 101 Å². The van der Waals surface area contributed by atoms with Crippen LogP contribution in [0.2, 0.25) is 0 Å². The Kier molecular flexibility index (Phi) is 9.18. The molecule has 62 heavy (non-hydrogen) atoms. The molecule has 0 radical (unpaired) electrons. The Hall–Kier alpha value is -6.86. The van der Waals surface area contributed by atoms with Crippen molar-refractivity contribution in [3.05, 3.63) is 151 Å². The predicted molar refractivity (Wildman–Crippen MR) is 237 cm³/mol. The first-order chi connectivity index (χ1) is 30.3. The second kappa shape index (κ2) is 14.9. The van der Waals surface area contributed by atoms with E-state index in [9.17, 15) is 19.2 Å². The molecule has 0 spiro atoms. The third-order valence-corrected chi connectivity index (χ3v) is 15.2. The highest BCUT2D eigenvalue weighted by atomic mass is 32.2. The van der Waals surface area contributed by atoms with E-state index in [2.05, 4.69) is 19.9 Å². The molecule has 4 aromatic heterocycles. The highest BCUT2D eigenvalue weighted by molar-refractivity contribution is 8.33. The van der Waals surface area contributed by atoms with Gasteiger partial charge in [0.15, 0.2) is 11.5 Å². The molecule has 9 aromatic rings. The summed E-state index contributed by atoms with van der Waals surface area (Å²) in [6.07, 6.45) is 0. The molecular formula is C44H24N6O8S4. The molecule has 0 unspecified atom stereocenters. The average molecular weight is 893 g/mol. The fraction of sp³-hybridized carbons (Fsp3) is 0.0455. The number of methoxy groups -OCH3 is 2. The molecule has 0 N–H and O–H groups in total. The molecule has 302 valence electrons. The maximum Gasteiger partial charge on any atom is 0.343 e. The van der Waals surface area contributed by atoms with Crippen molar-refractivity contribution in [2.24, 2.45) is 0 Å². The molecule has 0 atom stereocenters. The summed E-state index contributed by atoms with van der Waals surface area (Å²) in [7, 11) is 2.83. The van der Waals surface area contributed by atoms with Crippen LogP contribution in [0.3, 0.4) is 0 Å². The molecule has 0 aliphatic carbocycles. The number of rotatable bonds is 6. The Morgan fingerprint density at radius 1 is 0.484 bits per heavy atom. The summed E-state index contributed by atoms with van der Waals surface area (Å²) in [4.78, 5) is 77.1. The first-order valence-electron chi connectivity index (χ1n) is 18.6. The minimum atomic E-state index is -0.660. The zero-order valence-corrected chi connectivity index (χ0v) is 35.2. The summed E-state index contributed by atoms with van der Waals surface area (Å²) in [6.45, 7) is 0. The van der Waals surface area contributed by atoms with E-state index in [4.69, 9.17) is 18.9 Å². The van der Waals surface area contributed by atoms with Gasteiger partial charge in [0.1, 0.15) is 10.4 Å². The summed E-state index contributed by atoms with van der Waals surface area (Å²) in [5.74, 6) is -0.670. The standard InChI is InChI=1S/C44H24N6O8S4/c1-55-35-27(37(51)49-25-19-11-9-17-23(25)45-43(49)47-35)41-59-31-29(57-39(53)21-13-5-3-6-14-21)33-34(30(32(31)60-41)58-40(54)22-15-7-4-8-16-22)62-42(61-33)28-36(56-2)48-44-46-24-18-10-12-20-26(24)50(44)38(28)52/h3-20H,1-2H3. The zero-order valence-electron chi connectivity index (χ0n) is 32.0. The van der Waals surface area contributed by atoms with Crippen molar-refractivity contribution < 1.29 is 28.5 Å². The van der Waals surface area contributed by atoms with E-state index in [1.807, 2.05) is 24.3 Å². The molecule has 0 fully saturated rings. The normalized spacial score (nSPS) is 13.3. The Bertz CT molecular complexity index is 3380. The third kappa shape index (κ3) is 6.00. The molecule has 2 aliphatic rings. The van der Waals surface area contributed by atoms with Gasteiger partial charge in [-0.3, -0.25) is 9.59 Å². The number of esters is 2. The fourth-order valence-electron chi connectivity index (χ4n) is 7.16. The lowest BCUT2D eigenvalue weighted by Crippen LogP contribution is -2.34. The van der Waals surface area contributed by atoms with Crippen molar-refractivity contribution in [3.63, 3.8) is 0 Å². The van der Waals surface area contributed by atoms with E-state index < -0.39 is 23.1 Å². The van der Waals surface area contributed by atoms with Crippen molar-refractivity contribution in [3.8, 4) is 23.3 Å². The number of carbonyl (C=O) groups excluding carboxylic acids is 2. The van der Waals surface area contributed by atoms with Crippen LogP contribution in [-0.4, -0.2) is 54.9 Å². The summed E-state index contributed by atoms with van der Waals surface area (Å²) in [5, 5.41) is 0.269. The van der Waals surface area contributed by atoms with E-state index in [1.54, 1.807) is 84.9 Å². The summed E-state index contributed by atoms with van der Waals surface area (Å²) in [5.41, 5.74) is 1.96. The first kappa shape index (κ1) is 38.1. The lowest BCUT2D eigenvalue weighted by atomic mass is 10.2. The minimum absolute atomic E-state index is 0.0307. The number of aromatic nitrogens is 6. The number of hydrogen-bond acceptors (Lipinski definition) is 16. The van der Waals surface area contributed by atoms with Crippen molar-refractivity contribution in [2.75, 3.05) is 14.2 Å². The zero-order chi connectivity index (χ0) is 42.2. The quantitative estimate of drug-likeness (QED) is 0.129. The lowest BCUT2D eigenvalue weighted by molar-refractivity contribution is 0.0702. The van der Waals surface area contributed by atoms with Crippen LogP contribution >= 0.6 is 47.0 Å². The molecule has 14 nitrogen and oxygen atoms in total. The van der Waals surface area contributed by atoms with Crippen LogP contribution in [0, 0.1) is 0 Å². The van der Waals surface area contributed by atoms with Gasteiger partial charge in [0, 0.05) is 0 Å². The van der Waals surface area contributed by atoms with Crippen LogP contribution in [0.5, 0.6) is 23.3 Å². The topological polar surface area (TPSA) is 166 Å². The maximum absolute atomic E-state index is 14.6. The Labute approximate surface area is 365 Å². The highest BCUT2D eigenvalue weighted by Crippen LogP contribution is 2.68. The molecule has 5 aromatic carbocycles. The monoisotopic (exact) mass is 892 g/mol. The van der Waals surface area contributed by atoms with Crippen molar-refractivity contribution in [1.29, 1.82) is 0 Å². The van der Waals surface area contributed by atoms with Crippen LogP contribution < -0.4 is 40.5 Å². The van der Waals surface area contributed by atoms with Crippen molar-refractivity contribution in [1.82, 2.24) is 28.7 Å². The van der Waals surface area contributed by atoms with Gasteiger partial charge in [-0.25, -0.2) is 28.4 Å². The summed E-state index contributed by atoms with van der Waals surface area (Å²) >= 11 is 4.57. The molecule has 18 heteroatoms. The largest absolute Gasteiger partial charge is 0.480 e. The number of nitrogens with zero attached hydrogens (tertiary/aromatic N) is 6. The highest BCUT2D eigenvalue weighted by Gasteiger charge is 2.40. The molecule has 0 amide bonds. The molecule has 6 heterocycles. The predicted octanol–water partition coefficient (Wildman–Crippen LogP) is 6.62. The fourth-order valence-corrected chi connectivity index (χ4v) is 12.7. The maximum atomic E-state index is 14.6. The Morgan fingerprint density at radius 2 is 0.839 bits per heavy atom. The van der Waals surface area contributed by atoms with E-state index in [1.165, 1.54) is 23.0 Å². The molecular weight excluding hydrogens is 869 g/mol.